The second-order valence-corrected chi connectivity index (χ2v) is 8.97. The van der Waals surface area contributed by atoms with Crippen LogP contribution in [0.15, 0.2) is 12.1 Å². The molecular weight excluding hydrogens is 383 g/mol. The van der Waals surface area contributed by atoms with E-state index in [1.54, 1.807) is 0 Å². The van der Waals surface area contributed by atoms with Crippen molar-refractivity contribution in [3.05, 3.63) is 22.8 Å². The first kappa shape index (κ1) is 20.2. The second kappa shape index (κ2) is 7.46. The number of nitrogens with zero attached hydrogens (tertiary/aromatic N) is 1. The van der Waals surface area contributed by atoms with Gasteiger partial charge in [-0.3, -0.25) is 4.79 Å². The zero-order valence-corrected chi connectivity index (χ0v) is 17.0. The van der Waals surface area contributed by atoms with Crippen molar-refractivity contribution in [2.45, 2.75) is 45.3 Å². The minimum Gasteiger partial charge on any atom is -0.444 e. The van der Waals surface area contributed by atoms with Crippen LogP contribution in [0.4, 0.5) is 20.6 Å². The lowest BCUT2D eigenvalue weighted by Crippen LogP contribution is -2.46. The van der Waals surface area contributed by atoms with Crippen LogP contribution in [0, 0.1) is 5.82 Å². The molecule has 28 heavy (non-hydrogen) atoms. The number of primary amides is 1. The van der Waals surface area contributed by atoms with Gasteiger partial charge in [-0.05, 0) is 45.7 Å². The Bertz CT molecular complexity index is 914. The van der Waals surface area contributed by atoms with E-state index in [0.29, 0.717) is 17.8 Å². The van der Waals surface area contributed by atoms with Crippen LogP contribution in [0.2, 0.25) is 0 Å². The molecule has 2 heterocycles. The molecule has 0 aliphatic carbocycles. The molecular formula is C19H25FN4O3S. The molecule has 0 atom stereocenters. The largest absolute Gasteiger partial charge is 0.444 e. The minimum atomic E-state index is -0.659. The van der Waals surface area contributed by atoms with Crippen molar-refractivity contribution in [1.29, 1.82) is 0 Å². The standard InChI is InChI=1S/C19H25FN4O3S/c1-19(2,3)27-18(26)23-10-4-6-24(7-5-10)11-8-12(20)14-13(9-11)28-16(15(14)21)17(22)25/h8-10H,4-7,21H2,1-3H3,(H2,22,25)(H,23,26). The Balaban J connectivity index is 1.70. The summed E-state index contributed by atoms with van der Waals surface area (Å²) in [6.07, 6.45) is 1.02. The third kappa shape index (κ3) is 4.30. The Morgan fingerprint density at radius 1 is 1.29 bits per heavy atom. The van der Waals surface area contributed by atoms with Crippen LogP contribution in [0.5, 0.6) is 0 Å². The van der Waals surface area contributed by atoms with E-state index in [2.05, 4.69) is 10.2 Å². The van der Waals surface area contributed by atoms with Gasteiger partial charge in [-0.25, -0.2) is 9.18 Å². The molecule has 0 unspecified atom stereocenters. The van der Waals surface area contributed by atoms with Crippen molar-refractivity contribution in [2.24, 2.45) is 5.73 Å². The van der Waals surface area contributed by atoms with E-state index in [4.69, 9.17) is 16.2 Å². The Morgan fingerprint density at radius 2 is 1.93 bits per heavy atom. The van der Waals surface area contributed by atoms with Crippen LogP contribution in [0.1, 0.15) is 43.3 Å². The van der Waals surface area contributed by atoms with E-state index in [1.165, 1.54) is 6.07 Å². The first-order chi connectivity index (χ1) is 13.0. The fourth-order valence-corrected chi connectivity index (χ4v) is 4.33. The van der Waals surface area contributed by atoms with Gasteiger partial charge < -0.3 is 26.4 Å². The number of nitrogens with one attached hydrogen (secondary N) is 1. The number of hydrogen-bond donors (Lipinski definition) is 3. The number of carbonyl (C=O) groups is 2. The SMILES string of the molecule is CC(C)(C)OC(=O)NC1CCN(c2cc(F)c3c(N)c(C(N)=O)sc3c2)CC1. The molecule has 1 saturated heterocycles. The van der Waals surface area contributed by atoms with Crippen LogP contribution >= 0.6 is 11.3 Å². The van der Waals surface area contributed by atoms with Crippen LogP contribution in [0.25, 0.3) is 10.1 Å². The first-order valence-electron chi connectivity index (χ1n) is 9.11. The highest BCUT2D eigenvalue weighted by molar-refractivity contribution is 7.21. The van der Waals surface area contributed by atoms with Gasteiger partial charge in [-0.15, -0.1) is 11.3 Å². The van der Waals surface area contributed by atoms with E-state index < -0.39 is 23.4 Å². The second-order valence-electron chi connectivity index (χ2n) is 7.92. The van der Waals surface area contributed by atoms with E-state index >= 15 is 0 Å². The van der Waals surface area contributed by atoms with Gasteiger partial charge in [0.05, 0.1) is 11.1 Å². The van der Waals surface area contributed by atoms with Crippen molar-refractivity contribution in [2.75, 3.05) is 23.7 Å². The molecule has 1 aromatic carbocycles. The summed E-state index contributed by atoms with van der Waals surface area (Å²) in [6, 6.07) is 3.27. The fraction of sp³-hybridized carbons (Fsp3) is 0.474. The number of thiophene rings is 1. The number of anilines is 2. The molecule has 2 amide bonds. The molecule has 1 aliphatic rings. The summed E-state index contributed by atoms with van der Waals surface area (Å²) in [5.74, 6) is -1.13. The van der Waals surface area contributed by atoms with Gasteiger partial charge in [0.15, 0.2) is 0 Å². The van der Waals surface area contributed by atoms with E-state index in [1.807, 2.05) is 26.8 Å². The topological polar surface area (TPSA) is 111 Å². The van der Waals surface area contributed by atoms with Crippen molar-refractivity contribution >= 4 is 44.8 Å². The van der Waals surface area contributed by atoms with E-state index in [0.717, 1.165) is 29.9 Å². The number of benzene rings is 1. The molecule has 2 aromatic rings. The summed E-state index contributed by atoms with van der Waals surface area (Å²) in [4.78, 5) is 25.6. The predicted octanol–water partition coefficient (Wildman–Crippen LogP) is 3.22. The first-order valence-corrected chi connectivity index (χ1v) is 9.92. The molecule has 5 N–H and O–H groups in total. The summed E-state index contributed by atoms with van der Waals surface area (Å²) in [6.45, 7) is 6.78. The number of ether oxygens (including phenoxy) is 1. The number of halogens is 1. The average Bonchev–Trinajstić information content (AvgIpc) is 2.91. The molecule has 9 heteroatoms. The molecule has 1 aliphatic heterocycles. The van der Waals surface area contributed by atoms with Gasteiger partial charge >= 0.3 is 6.09 Å². The lowest BCUT2D eigenvalue weighted by Gasteiger charge is -2.34. The normalized spacial score (nSPS) is 15.6. The Labute approximate surface area is 166 Å². The predicted molar refractivity (Wildman–Crippen MR) is 109 cm³/mol. The zero-order valence-electron chi connectivity index (χ0n) is 16.2. The number of nitrogens with two attached hydrogens (primary N) is 2. The van der Waals surface area contributed by atoms with Crippen LogP contribution in [0.3, 0.4) is 0 Å². The summed E-state index contributed by atoms with van der Waals surface area (Å²) in [5, 5.41) is 3.12. The van der Waals surface area contributed by atoms with Gasteiger partial charge in [0.25, 0.3) is 5.91 Å². The quantitative estimate of drug-likeness (QED) is 0.722. The third-order valence-electron chi connectivity index (χ3n) is 4.57. The van der Waals surface area contributed by atoms with Crippen molar-refractivity contribution in [3.63, 3.8) is 0 Å². The lowest BCUT2D eigenvalue weighted by molar-refractivity contribution is 0.0497. The Hall–Kier alpha value is -2.55. The molecule has 0 spiro atoms. The van der Waals surface area contributed by atoms with Crippen LogP contribution in [-0.2, 0) is 4.74 Å². The minimum absolute atomic E-state index is 0.0125. The van der Waals surface area contributed by atoms with Crippen molar-refractivity contribution < 1.29 is 18.7 Å². The number of nitrogen functional groups attached to an aromatic ring is 1. The smallest absolute Gasteiger partial charge is 0.407 e. The maximum absolute atomic E-state index is 14.6. The van der Waals surface area contributed by atoms with Gasteiger partial charge in [0.2, 0.25) is 0 Å². The molecule has 0 saturated carbocycles. The average molecular weight is 408 g/mol. The highest BCUT2D eigenvalue weighted by atomic mass is 32.1. The number of hydrogen-bond acceptors (Lipinski definition) is 6. The molecule has 1 aromatic heterocycles. The van der Waals surface area contributed by atoms with Gasteiger partial charge in [-0.2, -0.15) is 0 Å². The Kier molecular flexibility index (Phi) is 5.38. The lowest BCUT2D eigenvalue weighted by atomic mass is 10.0. The maximum atomic E-state index is 14.6. The summed E-state index contributed by atoms with van der Waals surface area (Å²) in [5.41, 5.74) is 11.5. The summed E-state index contributed by atoms with van der Waals surface area (Å²) >= 11 is 1.10. The van der Waals surface area contributed by atoms with Gasteiger partial charge in [0.1, 0.15) is 16.3 Å². The molecule has 3 rings (SSSR count). The molecule has 1 fully saturated rings. The number of rotatable bonds is 3. The summed E-state index contributed by atoms with van der Waals surface area (Å²) < 4.78 is 20.5. The van der Waals surface area contributed by atoms with Gasteiger partial charge in [0, 0.05) is 29.5 Å². The van der Waals surface area contributed by atoms with Crippen molar-refractivity contribution in [3.8, 4) is 0 Å². The number of carbonyl (C=O) groups excluding carboxylic acids is 2. The number of fused-ring (bicyclic) bond motifs is 1. The van der Waals surface area contributed by atoms with Crippen LogP contribution in [-0.4, -0.2) is 36.7 Å². The molecule has 7 nitrogen and oxygen atoms in total. The fourth-order valence-electron chi connectivity index (χ4n) is 3.31. The zero-order chi connectivity index (χ0) is 20.6. The highest BCUT2D eigenvalue weighted by Gasteiger charge is 2.25. The Morgan fingerprint density at radius 3 is 2.50 bits per heavy atom. The molecule has 0 bridgehead atoms. The molecule has 152 valence electrons. The molecule has 0 radical (unpaired) electrons. The highest BCUT2D eigenvalue weighted by Crippen LogP contribution is 2.38. The van der Waals surface area contributed by atoms with Crippen LogP contribution < -0.4 is 21.7 Å². The summed E-state index contributed by atoms with van der Waals surface area (Å²) in [7, 11) is 0. The van der Waals surface area contributed by atoms with Crippen molar-refractivity contribution in [1.82, 2.24) is 5.32 Å². The van der Waals surface area contributed by atoms with E-state index in [-0.39, 0.29) is 22.0 Å². The maximum Gasteiger partial charge on any atom is 0.407 e. The van der Waals surface area contributed by atoms with E-state index in [9.17, 15) is 14.0 Å². The van der Waals surface area contributed by atoms with Gasteiger partial charge in [-0.1, -0.05) is 0 Å². The third-order valence-corrected chi connectivity index (χ3v) is 5.74. The number of piperidine rings is 1. The number of amides is 2. The number of alkyl carbamates (subject to hydrolysis) is 1. The monoisotopic (exact) mass is 408 g/mol.